The number of ether oxygens (including phenoxy) is 1. The van der Waals surface area contributed by atoms with Crippen LogP contribution in [0, 0.1) is 19.8 Å². The number of aryl methyl sites for hydroxylation is 2. The van der Waals surface area contributed by atoms with Gasteiger partial charge in [0.1, 0.15) is 5.75 Å². The molecule has 0 bridgehead atoms. The number of rotatable bonds is 8. The molecule has 0 fully saturated rings. The van der Waals surface area contributed by atoms with Crippen molar-refractivity contribution in [2.45, 2.75) is 53.4 Å². The first-order valence-electron chi connectivity index (χ1n) is 9.05. The Kier molecular flexibility index (Phi) is 7.36. The van der Waals surface area contributed by atoms with E-state index in [1.807, 2.05) is 0 Å². The maximum Gasteiger partial charge on any atom is 0.119 e. The van der Waals surface area contributed by atoms with Gasteiger partial charge in [-0.1, -0.05) is 67.2 Å². The van der Waals surface area contributed by atoms with Gasteiger partial charge in [-0.25, -0.2) is 0 Å². The predicted octanol–water partition coefficient (Wildman–Crippen LogP) is 7.33. The lowest BCUT2D eigenvalue weighted by molar-refractivity contribution is 0.233. The number of hydrogen-bond acceptors (Lipinski definition) is 1. The van der Waals surface area contributed by atoms with Gasteiger partial charge < -0.3 is 4.74 Å². The van der Waals surface area contributed by atoms with E-state index >= 15 is 0 Å². The highest BCUT2D eigenvalue weighted by atomic mass is 79.9. The summed E-state index contributed by atoms with van der Waals surface area (Å²) in [4.78, 5) is 0. The summed E-state index contributed by atoms with van der Waals surface area (Å²) < 4.78 is 7.18. The summed E-state index contributed by atoms with van der Waals surface area (Å²) in [7, 11) is 0. The van der Waals surface area contributed by atoms with Crippen molar-refractivity contribution in [3.8, 4) is 16.9 Å². The highest BCUT2D eigenvalue weighted by molar-refractivity contribution is 9.10. The summed E-state index contributed by atoms with van der Waals surface area (Å²) in [5, 5.41) is 0. The fraction of sp³-hybridized carbons (Fsp3) is 0.455. The Morgan fingerprint density at radius 3 is 2.33 bits per heavy atom. The van der Waals surface area contributed by atoms with Crippen LogP contribution in [-0.2, 0) is 0 Å². The fourth-order valence-corrected chi connectivity index (χ4v) is 3.39. The van der Waals surface area contributed by atoms with E-state index in [-0.39, 0.29) is 0 Å². The molecule has 1 unspecified atom stereocenters. The second-order valence-electron chi connectivity index (χ2n) is 6.67. The summed E-state index contributed by atoms with van der Waals surface area (Å²) in [6.07, 6.45) is 5.01. The topological polar surface area (TPSA) is 9.23 Å². The zero-order chi connectivity index (χ0) is 17.5. The first kappa shape index (κ1) is 19.1. The number of hydrogen-bond donors (Lipinski definition) is 0. The van der Waals surface area contributed by atoms with E-state index in [2.05, 4.69) is 80.0 Å². The third kappa shape index (κ3) is 5.11. The van der Waals surface area contributed by atoms with Crippen LogP contribution in [-0.4, -0.2) is 6.61 Å². The van der Waals surface area contributed by atoms with Crippen molar-refractivity contribution < 1.29 is 4.74 Å². The third-order valence-electron chi connectivity index (χ3n) is 4.70. The molecule has 24 heavy (non-hydrogen) atoms. The first-order chi connectivity index (χ1) is 11.5. The average molecular weight is 389 g/mol. The van der Waals surface area contributed by atoms with E-state index in [0.717, 1.165) is 12.4 Å². The molecule has 0 saturated heterocycles. The third-order valence-corrected chi connectivity index (χ3v) is 5.55. The predicted molar refractivity (Wildman–Crippen MR) is 108 cm³/mol. The van der Waals surface area contributed by atoms with E-state index in [1.165, 1.54) is 52.4 Å². The second-order valence-corrected chi connectivity index (χ2v) is 7.52. The van der Waals surface area contributed by atoms with Gasteiger partial charge in [0.15, 0.2) is 0 Å². The molecule has 0 aliphatic rings. The molecule has 1 atom stereocenters. The summed E-state index contributed by atoms with van der Waals surface area (Å²) >= 11 is 3.60. The Balaban J connectivity index is 2.04. The summed E-state index contributed by atoms with van der Waals surface area (Å²) in [6, 6.07) is 13.0. The van der Waals surface area contributed by atoms with Gasteiger partial charge >= 0.3 is 0 Å². The standard InChI is InChI=1S/C22H29BrO/c1-5-7-8-18(6-2)15-24-20-11-9-19(10-12-20)21-13-17(4)22(23)14-16(21)3/h9-14,18H,5-8,15H2,1-4H3. The lowest BCUT2D eigenvalue weighted by atomic mass is 9.98. The molecule has 0 radical (unpaired) electrons. The van der Waals surface area contributed by atoms with Crippen LogP contribution < -0.4 is 4.74 Å². The molecular formula is C22H29BrO. The van der Waals surface area contributed by atoms with Crippen molar-refractivity contribution in [3.05, 3.63) is 52.0 Å². The van der Waals surface area contributed by atoms with Crippen LogP contribution in [0.15, 0.2) is 40.9 Å². The molecule has 0 amide bonds. The molecule has 2 heteroatoms. The van der Waals surface area contributed by atoms with Crippen molar-refractivity contribution in [2.24, 2.45) is 5.92 Å². The molecule has 0 aliphatic heterocycles. The summed E-state index contributed by atoms with van der Waals surface area (Å²) in [5.74, 6) is 1.64. The minimum absolute atomic E-state index is 0.668. The van der Waals surface area contributed by atoms with Gasteiger partial charge in [-0.2, -0.15) is 0 Å². The highest BCUT2D eigenvalue weighted by Gasteiger charge is 2.08. The highest BCUT2D eigenvalue weighted by Crippen LogP contribution is 2.30. The van der Waals surface area contributed by atoms with Gasteiger partial charge in [0.2, 0.25) is 0 Å². The molecule has 2 aromatic carbocycles. The first-order valence-corrected chi connectivity index (χ1v) is 9.84. The smallest absolute Gasteiger partial charge is 0.119 e. The van der Waals surface area contributed by atoms with Crippen molar-refractivity contribution in [1.82, 2.24) is 0 Å². The minimum Gasteiger partial charge on any atom is -0.493 e. The fourth-order valence-electron chi connectivity index (χ4n) is 2.93. The van der Waals surface area contributed by atoms with E-state index in [1.54, 1.807) is 0 Å². The Morgan fingerprint density at radius 1 is 1.00 bits per heavy atom. The molecule has 0 aliphatic carbocycles. The SMILES string of the molecule is CCCCC(CC)COc1ccc(-c2cc(C)c(Br)cc2C)cc1. The Hall–Kier alpha value is -1.28. The maximum atomic E-state index is 6.01. The Bertz CT molecular complexity index is 646. The largest absolute Gasteiger partial charge is 0.493 e. The van der Waals surface area contributed by atoms with Crippen molar-refractivity contribution in [1.29, 1.82) is 0 Å². The van der Waals surface area contributed by atoms with E-state index in [0.29, 0.717) is 5.92 Å². The van der Waals surface area contributed by atoms with Crippen LogP contribution in [0.3, 0.4) is 0 Å². The van der Waals surface area contributed by atoms with Gasteiger partial charge in [0.05, 0.1) is 6.61 Å². The van der Waals surface area contributed by atoms with Crippen LogP contribution in [0.4, 0.5) is 0 Å². The number of halogens is 1. The molecule has 0 heterocycles. The van der Waals surface area contributed by atoms with Crippen molar-refractivity contribution in [2.75, 3.05) is 6.61 Å². The molecule has 2 aromatic rings. The Labute approximate surface area is 155 Å². The molecule has 130 valence electrons. The van der Waals surface area contributed by atoms with Crippen LogP contribution in [0.25, 0.3) is 11.1 Å². The van der Waals surface area contributed by atoms with E-state index < -0.39 is 0 Å². The molecule has 0 aromatic heterocycles. The van der Waals surface area contributed by atoms with E-state index in [9.17, 15) is 0 Å². The summed E-state index contributed by atoms with van der Waals surface area (Å²) in [5.41, 5.74) is 5.08. The van der Waals surface area contributed by atoms with E-state index in [4.69, 9.17) is 4.74 Å². The monoisotopic (exact) mass is 388 g/mol. The molecule has 1 nitrogen and oxygen atoms in total. The zero-order valence-corrected chi connectivity index (χ0v) is 16.9. The molecule has 0 N–H and O–H groups in total. The van der Waals surface area contributed by atoms with Crippen LogP contribution in [0.2, 0.25) is 0 Å². The lowest BCUT2D eigenvalue weighted by Crippen LogP contribution is -2.11. The zero-order valence-electron chi connectivity index (χ0n) is 15.4. The average Bonchev–Trinajstić information content (AvgIpc) is 2.59. The molecule has 0 spiro atoms. The van der Waals surface area contributed by atoms with Crippen molar-refractivity contribution >= 4 is 15.9 Å². The molecule has 2 rings (SSSR count). The molecular weight excluding hydrogens is 360 g/mol. The van der Waals surface area contributed by atoms with Crippen LogP contribution in [0.5, 0.6) is 5.75 Å². The van der Waals surface area contributed by atoms with Gasteiger partial charge in [-0.3, -0.25) is 0 Å². The molecule has 0 saturated carbocycles. The number of benzene rings is 2. The van der Waals surface area contributed by atoms with Crippen molar-refractivity contribution in [3.63, 3.8) is 0 Å². The Morgan fingerprint density at radius 2 is 1.71 bits per heavy atom. The van der Waals surface area contributed by atoms with Gasteiger partial charge in [-0.15, -0.1) is 0 Å². The summed E-state index contributed by atoms with van der Waals surface area (Å²) in [6.45, 7) is 9.62. The van der Waals surface area contributed by atoms with Gasteiger partial charge in [-0.05, 0) is 66.6 Å². The van der Waals surface area contributed by atoms with Gasteiger partial charge in [0.25, 0.3) is 0 Å². The minimum atomic E-state index is 0.668. The normalized spacial score (nSPS) is 12.2. The second kappa shape index (κ2) is 9.27. The quantitative estimate of drug-likeness (QED) is 0.459. The maximum absolute atomic E-state index is 6.01. The van der Waals surface area contributed by atoms with Gasteiger partial charge in [0, 0.05) is 4.47 Å². The lowest BCUT2D eigenvalue weighted by Gasteiger charge is -2.16. The number of unbranched alkanes of at least 4 members (excludes halogenated alkanes) is 1. The van der Waals surface area contributed by atoms with Crippen LogP contribution in [0.1, 0.15) is 50.7 Å². The van der Waals surface area contributed by atoms with Crippen LogP contribution >= 0.6 is 15.9 Å².